The largest absolute Gasteiger partial charge is 0.484 e. The molecule has 0 bridgehead atoms. The van der Waals surface area contributed by atoms with Gasteiger partial charge in [0.1, 0.15) is 6.61 Å². The lowest BCUT2D eigenvalue weighted by Crippen LogP contribution is -2.02. The molecule has 0 aliphatic rings. The number of hydrogen-bond acceptors (Lipinski definition) is 3. The molecule has 0 radical (unpaired) electrons. The van der Waals surface area contributed by atoms with Crippen LogP contribution in [0, 0.1) is 12.7 Å². The molecule has 3 aromatic rings. The molecule has 0 atom stereocenters. The van der Waals surface area contributed by atoms with Gasteiger partial charge < -0.3 is 10.5 Å². The molecular weight excluding hydrogens is 267 g/mol. The van der Waals surface area contributed by atoms with E-state index in [4.69, 9.17) is 10.5 Å². The summed E-state index contributed by atoms with van der Waals surface area (Å²) in [5.74, 6) is -0.360. The number of fused-ring (bicyclic) bond motifs is 1. The molecule has 4 heteroatoms. The van der Waals surface area contributed by atoms with Crippen molar-refractivity contribution in [2.75, 3.05) is 5.73 Å². The Bertz CT molecular complexity index is 782. The molecule has 1 heterocycles. The van der Waals surface area contributed by atoms with Gasteiger partial charge in [-0.1, -0.05) is 24.3 Å². The van der Waals surface area contributed by atoms with Crippen molar-refractivity contribution in [3.8, 4) is 5.75 Å². The molecule has 0 aliphatic carbocycles. The lowest BCUT2D eigenvalue weighted by Gasteiger charge is -2.12. The Morgan fingerprint density at radius 1 is 1.14 bits per heavy atom. The number of rotatable bonds is 3. The van der Waals surface area contributed by atoms with E-state index in [-0.39, 0.29) is 12.4 Å². The van der Waals surface area contributed by atoms with Crippen LogP contribution < -0.4 is 10.5 Å². The second kappa shape index (κ2) is 5.40. The molecule has 0 spiro atoms. The van der Waals surface area contributed by atoms with Gasteiger partial charge in [-0.15, -0.1) is 0 Å². The van der Waals surface area contributed by atoms with Gasteiger partial charge in [0.15, 0.2) is 11.6 Å². The first kappa shape index (κ1) is 13.4. The van der Waals surface area contributed by atoms with Crippen LogP contribution in [0.2, 0.25) is 0 Å². The standard InChI is InChI=1S/C17H15FN2O/c1-11-9-12(13-5-2-3-8-16(13)20-11)10-21-17-14(18)6-4-7-15(17)19/h2-9H,10,19H2,1H3. The monoisotopic (exact) mass is 282 g/mol. The molecule has 0 unspecified atom stereocenters. The summed E-state index contributed by atoms with van der Waals surface area (Å²) in [4.78, 5) is 4.47. The summed E-state index contributed by atoms with van der Waals surface area (Å²) >= 11 is 0. The van der Waals surface area contributed by atoms with Crippen LogP contribution in [0.25, 0.3) is 10.9 Å². The minimum atomic E-state index is -0.454. The van der Waals surface area contributed by atoms with Gasteiger partial charge in [0.25, 0.3) is 0 Å². The van der Waals surface area contributed by atoms with Crippen LogP contribution in [0.15, 0.2) is 48.5 Å². The van der Waals surface area contributed by atoms with E-state index in [1.54, 1.807) is 12.1 Å². The normalized spacial score (nSPS) is 10.8. The number of hydrogen-bond donors (Lipinski definition) is 1. The van der Waals surface area contributed by atoms with E-state index in [0.29, 0.717) is 5.69 Å². The predicted molar refractivity (Wildman–Crippen MR) is 81.6 cm³/mol. The molecule has 106 valence electrons. The Labute approximate surface area is 122 Å². The molecule has 0 saturated heterocycles. The molecule has 1 aromatic heterocycles. The second-order valence-electron chi connectivity index (χ2n) is 4.89. The lowest BCUT2D eigenvalue weighted by molar-refractivity contribution is 0.293. The average Bonchev–Trinajstić information content (AvgIpc) is 2.46. The molecule has 21 heavy (non-hydrogen) atoms. The highest BCUT2D eigenvalue weighted by Crippen LogP contribution is 2.27. The average molecular weight is 282 g/mol. The van der Waals surface area contributed by atoms with Crippen molar-refractivity contribution in [2.24, 2.45) is 0 Å². The summed E-state index contributed by atoms with van der Waals surface area (Å²) in [6.07, 6.45) is 0. The Hall–Kier alpha value is -2.62. The summed E-state index contributed by atoms with van der Waals surface area (Å²) in [5, 5.41) is 0.998. The Balaban J connectivity index is 1.95. The van der Waals surface area contributed by atoms with Gasteiger partial charge in [0, 0.05) is 16.6 Å². The maximum Gasteiger partial charge on any atom is 0.178 e. The van der Waals surface area contributed by atoms with Gasteiger partial charge in [-0.3, -0.25) is 4.98 Å². The van der Waals surface area contributed by atoms with E-state index in [0.717, 1.165) is 22.2 Å². The molecule has 0 saturated carbocycles. The Morgan fingerprint density at radius 2 is 1.95 bits per heavy atom. The van der Waals surface area contributed by atoms with Gasteiger partial charge in [-0.05, 0) is 31.2 Å². The first-order chi connectivity index (χ1) is 10.1. The van der Waals surface area contributed by atoms with Gasteiger partial charge in [0.2, 0.25) is 0 Å². The number of ether oxygens (including phenoxy) is 1. The fourth-order valence-electron chi connectivity index (χ4n) is 2.34. The summed E-state index contributed by atoms with van der Waals surface area (Å²) in [5.41, 5.74) is 8.80. The maximum absolute atomic E-state index is 13.7. The lowest BCUT2D eigenvalue weighted by atomic mass is 10.1. The minimum Gasteiger partial charge on any atom is -0.484 e. The number of halogens is 1. The molecule has 0 fully saturated rings. The molecular formula is C17H15FN2O. The minimum absolute atomic E-state index is 0.0936. The number of nitrogens with zero attached hydrogens (tertiary/aromatic N) is 1. The van der Waals surface area contributed by atoms with Crippen LogP contribution in [0.4, 0.5) is 10.1 Å². The topological polar surface area (TPSA) is 48.1 Å². The first-order valence-electron chi connectivity index (χ1n) is 6.67. The van der Waals surface area contributed by atoms with Crippen molar-refractivity contribution in [2.45, 2.75) is 13.5 Å². The first-order valence-corrected chi connectivity index (χ1v) is 6.67. The number of aromatic nitrogens is 1. The summed E-state index contributed by atoms with van der Waals surface area (Å²) in [6, 6.07) is 14.3. The number of benzene rings is 2. The van der Waals surface area contributed by atoms with Crippen LogP contribution in [0.1, 0.15) is 11.3 Å². The van der Waals surface area contributed by atoms with Gasteiger partial charge >= 0.3 is 0 Å². The highest BCUT2D eigenvalue weighted by atomic mass is 19.1. The SMILES string of the molecule is Cc1cc(COc2c(N)cccc2F)c2ccccc2n1. The smallest absolute Gasteiger partial charge is 0.178 e. The van der Waals surface area contributed by atoms with Crippen molar-refractivity contribution in [3.05, 3.63) is 65.6 Å². The third-order valence-electron chi connectivity index (χ3n) is 3.30. The molecule has 0 aliphatic heterocycles. The zero-order chi connectivity index (χ0) is 14.8. The number of pyridine rings is 1. The van der Waals surface area contributed by atoms with E-state index in [1.807, 2.05) is 37.3 Å². The van der Waals surface area contributed by atoms with Crippen molar-refractivity contribution in [3.63, 3.8) is 0 Å². The quantitative estimate of drug-likeness (QED) is 0.742. The van der Waals surface area contributed by atoms with E-state index in [2.05, 4.69) is 4.98 Å². The highest BCUT2D eigenvalue weighted by Gasteiger charge is 2.09. The van der Waals surface area contributed by atoms with Gasteiger partial charge in [0.05, 0.1) is 11.2 Å². The fourth-order valence-corrected chi connectivity index (χ4v) is 2.34. The Kier molecular flexibility index (Phi) is 3.44. The predicted octanol–water partition coefficient (Wildman–Crippen LogP) is 3.84. The fraction of sp³-hybridized carbons (Fsp3) is 0.118. The van der Waals surface area contributed by atoms with Crippen molar-refractivity contribution in [1.82, 2.24) is 4.98 Å². The van der Waals surface area contributed by atoms with Crippen molar-refractivity contribution >= 4 is 16.6 Å². The van der Waals surface area contributed by atoms with E-state index < -0.39 is 5.82 Å². The number of nitrogen functional groups attached to an aromatic ring is 1. The molecule has 3 rings (SSSR count). The third kappa shape index (κ3) is 2.65. The zero-order valence-corrected chi connectivity index (χ0v) is 11.6. The van der Waals surface area contributed by atoms with Crippen molar-refractivity contribution in [1.29, 1.82) is 0 Å². The van der Waals surface area contributed by atoms with Crippen LogP contribution in [-0.2, 0) is 6.61 Å². The van der Waals surface area contributed by atoms with Crippen LogP contribution in [0.3, 0.4) is 0 Å². The van der Waals surface area contributed by atoms with Crippen LogP contribution in [0.5, 0.6) is 5.75 Å². The molecule has 2 N–H and O–H groups in total. The maximum atomic E-state index is 13.7. The highest BCUT2D eigenvalue weighted by molar-refractivity contribution is 5.82. The molecule has 0 amide bonds. The number of aryl methyl sites for hydroxylation is 1. The summed E-state index contributed by atoms with van der Waals surface area (Å²) in [6.45, 7) is 2.17. The van der Waals surface area contributed by atoms with E-state index in [1.165, 1.54) is 6.07 Å². The number of para-hydroxylation sites is 2. The second-order valence-corrected chi connectivity index (χ2v) is 4.89. The van der Waals surface area contributed by atoms with Crippen LogP contribution in [-0.4, -0.2) is 4.98 Å². The van der Waals surface area contributed by atoms with Gasteiger partial charge in [-0.25, -0.2) is 4.39 Å². The van der Waals surface area contributed by atoms with Crippen LogP contribution >= 0.6 is 0 Å². The Morgan fingerprint density at radius 3 is 2.76 bits per heavy atom. The third-order valence-corrected chi connectivity index (χ3v) is 3.30. The zero-order valence-electron chi connectivity index (χ0n) is 11.6. The summed E-state index contributed by atoms with van der Waals surface area (Å²) in [7, 11) is 0. The molecule has 2 aromatic carbocycles. The van der Waals surface area contributed by atoms with Gasteiger partial charge in [-0.2, -0.15) is 0 Å². The van der Waals surface area contributed by atoms with E-state index >= 15 is 0 Å². The molecule has 3 nitrogen and oxygen atoms in total. The summed E-state index contributed by atoms with van der Waals surface area (Å²) < 4.78 is 19.3. The van der Waals surface area contributed by atoms with E-state index in [9.17, 15) is 4.39 Å². The number of nitrogens with two attached hydrogens (primary N) is 1. The number of anilines is 1. The van der Waals surface area contributed by atoms with Crippen molar-refractivity contribution < 1.29 is 9.13 Å².